The third kappa shape index (κ3) is 5.58. The maximum absolute atomic E-state index is 12.7. The Kier molecular flexibility index (Phi) is 7.36. The Bertz CT molecular complexity index is 1550. The summed E-state index contributed by atoms with van der Waals surface area (Å²) in [5.41, 5.74) is 3.13. The van der Waals surface area contributed by atoms with Crippen LogP contribution in [0.2, 0.25) is 0 Å². The molecule has 0 atom stereocenters. The molecule has 5 rings (SSSR count). The highest BCUT2D eigenvalue weighted by atomic mass is 32.2. The normalized spacial score (nSPS) is 14.8. The summed E-state index contributed by atoms with van der Waals surface area (Å²) >= 11 is 1.28. The molecule has 0 spiro atoms. The van der Waals surface area contributed by atoms with Crippen LogP contribution in [0, 0.1) is 6.92 Å². The minimum atomic E-state index is -3.59. The van der Waals surface area contributed by atoms with Crippen LogP contribution in [0.4, 0.5) is 5.69 Å². The lowest BCUT2D eigenvalue weighted by molar-refractivity contribution is -0.113. The summed E-state index contributed by atoms with van der Waals surface area (Å²) < 4.78 is 35.5. The molecule has 2 heterocycles. The van der Waals surface area contributed by atoms with Gasteiger partial charge in [-0.05, 0) is 73.2 Å². The summed E-state index contributed by atoms with van der Waals surface area (Å²) in [5.74, 6) is 0.607. The van der Waals surface area contributed by atoms with E-state index < -0.39 is 10.0 Å². The topological polar surface area (TPSA) is 115 Å². The molecule has 1 aliphatic rings. The average Bonchev–Trinajstić information content (AvgIpc) is 3.33. The Morgan fingerprint density at radius 3 is 2.57 bits per heavy atom. The molecule has 2 aromatic carbocycles. The zero-order valence-corrected chi connectivity index (χ0v) is 22.4. The average molecular weight is 540 g/mol. The van der Waals surface area contributed by atoms with Gasteiger partial charge in [-0.1, -0.05) is 31.0 Å². The minimum absolute atomic E-state index is 0.00890. The Balaban J connectivity index is 1.26. The maximum Gasteiger partial charge on any atom is 0.240 e. The van der Waals surface area contributed by atoms with Crippen molar-refractivity contribution in [2.24, 2.45) is 0 Å². The molecule has 0 saturated heterocycles. The Hall–Kier alpha value is -3.15. The van der Waals surface area contributed by atoms with E-state index >= 15 is 0 Å². The van der Waals surface area contributed by atoms with Crippen molar-refractivity contribution in [2.75, 3.05) is 18.2 Å². The first kappa shape index (κ1) is 25.5. The molecule has 9 nitrogen and oxygen atoms in total. The van der Waals surface area contributed by atoms with E-state index in [0.29, 0.717) is 10.8 Å². The van der Waals surface area contributed by atoms with Gasteiger partial charge in [0.1, 0.15) is 5.75 Å². The van der Waals surface area contributed by atoms with Crippen LogP contribution in [0.3, 0.4) is 0 Å². The van der Waals surface area contributed by atoms with E-state index in [1.807, 2.05) is 29.5 Å². The van der Waals surface area contributed by atoms with Gasteiger partial charge in [-0.3, -0.25) is 9.20 Å². The van der Waals surface area contributed by atoms with Gasteiger partial charge < -0.3 is 10.1 Å². The van der Waals surface area contributed by atoms with Gasteiger partial charge in [0.15, 0.2) is 10.8 Å². The van der Waals surface area contributed by atoms with E-state index in [4.69, 9.17) is 4.74 Å². The van der Waals surface area contributed by atoms with Gasteiger partial charge in [0.05, 0.1) is 23.3 Å². The summed E-state index contributed by atoms with van der Waals surface area (Å²) in [5, 5.41) is 13.1. The molecular weight excluding hydrogens is 510 g/mol. The second-order valence-electron chi connectivity index (χ2n) is 9.21. The number of carbonyl (C=O) groups is 1. The van der Waals surface area contributed by atoms with Crippen molar-refractivity contribution in [3.63, 3.8) is 0 Å². The third-order valence-corrected chi connectivity index (χ3v) is 9.01. The van der Waals surface area contributed by atoms with Crippen LogP contribution in [-0.2, 0) is 14.8 Å². The number of carbonyl (C=O) groups excluding carboxylic acids is 1. The van der Waals surface area contributed by atoms with Gasteiger partial charge in [0.2, 0.25) is 15.9 Å². The van der Waals surface area contributed by atoms with Crippen LogP contribution in [0.1, 0.15) is 37.7 Å². The number of nitrogens with one attached hydrogen (secondary N) is 2. The van der Waals surface area contributed by atoms with Crippen LogP contribution in [0.5, 0.6) is 5.75 Å². The number of thioether (sulfide) groups is 1. The number of sulfonamides is 1. The number of anilines is 1. The van der Waals surface area contributed by atoms with E-state index in [-0.39, 0.29) is 22.6 Å². The van der Waals surface area contributed by atoms with Crippen LogP contribution >= 0.6 is 11.8 Å². The monoisotopic (exact) mass is 539 g/mol. The smallest absolute Gasteiger partial charge is 0.240 e. The molecule has 1 aliphatic carbocycles. The molecule has 0 bridgehead atoms. The van der Waals surface area contributed by atoms with Gasteiger partial charge in [0.25, 0.3) is 0 Å². The number of pyridine rings is 1. The summed E-state index contributed by atoms with van der Waals surface area (Å²) in [7, 11) is -1.97. The van der Waals surface area contributed by atoms with Gasteiger partial charge in [-0.25, -0.2) is 13.1 Å². The predicted octanol–water partition coefficient (Wildman–Crippen LogP) is 4.54. The molecule has 2 aromatic heterocycles. The van der Waals surface area contributed by atoms with E-state index in [1.165, 1.54) is 23.9 Å². The number of aryl methyl sites for hydroxylation is 1. The lowest BCUT2D eigenvalue weighted by Gasteiger charge is -2.22. The van der Waals surface area contributed by atoms with E-state index in [0.717, 1.165) is 60.0 Å². The number of ether oxygens (including phenoxy) is 1. The molecule has 11 heteroatoms. The highest BCUT2D eigenvalue weighted by Crippen LogP contribution is 2.28. The quantitative estimate of drug-likeness (QED) is 0.316. The first-order valence-corrected chi connectivity index (χ1v) is 14.7. The number of hydrogen-bond acceptors (Lipinski definition) is 7. The molecular formula is C26H29N5O4S2. The molecule has 2 N–H and O–H groups in total. The summed E-state index contributed by atoms with van der Waals surface area (Å²) in [6.45, 7) is 1.98. The van der Waals surface area contributed by atoms with Crippen LogP contribution in [0.15, 0.2) is 58.6 Å². The Morgan fingerprint density at radius 1 is 1.08 bits per heavy atom. The number of hydrogen-bond donors (Lipinski definition) is 2. The maximum atomic E-state index is 12.7. The van der Waals surface area contributed by atoms with Crippen molar-refractivity contribution < 1.29 is 17.9 Å². The van der Waals surface area contributed by atoms with Crippen molar-refractivity contribution in [2.45, 2.75) is 55.1 Å². The summed E-state index contributed by atoms with van der Waals surface area (Å²) in [4.78, 5) is 12.9. The number of amides is 1. The Morgan fingerprint density at radius 2 is 1.84 bits per heavy atom. The molecule has 1 saturated carbocycles. The molecule has 37 heavy (non-hydrogen) atoms. The largest absolute Gasteiger partial charge is 0.497 e. The van der Waals surface area contributed by atoms with Crippen molar-refractivity contribution in [1.29, 1.82) is 0 Å². The molecule has 0 radical (unpaired) electrons. The molecule has 4 aromatic rings. The van der Waals surface area contributed by atoms with Crippen molar-refractivity contribution in [1.82, 2.24) is 19.3 Å². The lowest BCUT2D eigenvalue weighted by Crippen LogP contribution is -2.36. The molecule has 1 amide bonds. The highest BCUT2D eigenvalue weighted by molar-refractivity contribution is 7.99. The number of benzene rings is 2. The number of nitrogens with zero attached hydrogens (tertiary/aromatic N) is 3. The van der Waals surface area contributed by atoms with Crippen molar-refractivity contribution in [3.05, 3.63) is 54.1 Å². The lowest BCUT2D eigenvalue weighted by atomic mass is 9.96. The zero-order chi connectivity index (χ0) is 26.0. The number of fused-ring (bicyclic) bond motifs is 3. The van der Waals surface area contributed by atoms with Gasteiger partial charge in [-0.15, -0.1) is 10.2 Å². The van der Waals surface area contributed by atoms with Crippen molar-refractivity contribution in [3.8, 4) is 5.75 Å². The van der Waals surface area contributed by atoms with E-state index in [2.05, 4.69) is 26.3 Å². The van der Waals surface area contributed by atoms with Crippen molar-refractivity contribution >= 4 is 49.9 Å². The minimum Gasteiger partial charge on any atom is -0.497 e. The van der Waals surface area contributed by atoms with Gasteiger partial charge in [-0.2, -0.15) is 0 Å². The molecule has 1 fully saturated rings. The molecule has 0 unspecified atom stereocenters. The highest BCUT2D eigenvalue weighted by Gasteiger charge is 2.22. The standard InChI is InChI=1S/C26H29N5O4S2/c1-17-14-18-8-11-21(35-2)15-23(18)31-25(17)28-29-26(31)36-16-24(32)27-19-9-12-22(13-10-19)37(33,34)30-20-6-4-3-5-7-20/h8-15,20,30H,3-7,16H2,1-2H3,(H,27,32). The number of methoxy groups -OCH3 is 1. The fourth-order valence-corrected chi connectivity index (χ4v) is 6.70. The second-order valence-corrected chi connectivity index (χ2v) is 11.9. The summed E-state index contributed by atoms with van der Waals surface area (Å²) in [6, 6.07) is 14.1. The fraction of sp³-hybridized carbons (Fsp3) is 0.346. The fourth-order valence-electron chi connectivity index (χ4n) is 4.65. The van der Waals surface area contributed by atoms with Gasteiger partial charge >= 0.3 is 0 Å². The third-order valence-electron chi connectivity index (χ3n) is 6.54. The SMILES string of the molecule is COc1ccc2cc(C)c3nnc(SCC(=O)Nc4ccc(S(=O)(=O)NC5CCCCC5)cc4)n3c2c1. The second kappa shape index (κ2) is 10.7. The summed E-state index contributed by atoms with van der Waals surface area (Å²) in [6.07, 6.45) is 4.99. The number of aromatic nitrogens is 3. The Labute approximate surface area is 220 Å². The zero-order valence-electron chi connectivity index (χ0n) is 20.7. The van der Waals surface area contributed by atoms with E-state index in [9.17, 15) is 13.2 Å². The van der Waals surface area contributed by atoms with Crippen LogP contribution in [-0.4, -0.2) is 47.8 Å². The first-order valence-electron chi connectivity index (χ1n) is 12.2. The molecule has 0 aliphatic heterocycles. The first-order chi connectivity index (χ1) is 17.8. The van der Waals surface area contributed by atoms with Crippen LogP contribution < -0.4 is 14.8 Å². The van der Waals surface area contributed by atoms with E-state index in [1.54, 1.807) is 19.2 Å². The van der Waals surface area contributed by atoms with Gasteiger partial charge in [0, 0.05) is 17.8 Å². The number of rotatable bonds is 8. The predicted molar refractivity (Wildman–Crippen MR) is 145 cm³/mol. The van der Waals surface area contributed by atoms with Crippen LogP contribution in [0.25, 0.3) is 16.6 Å². The molecule has 194 valence electrons.